The van der Waals surface area contributed by atoms with Gasteiger partial charge in [-0.3, -0.25) is 0 Å². The lowest BCUT2D eigenvalue weighted by atomic mass is 10.0. The summed E-state index contributed by atoms with van der Waals surface area (Å²) in [4.78, 5) is 1.20. The van der Waals surface area contributed by atoms with Crippen LogP contribution in [0.4, 0.5) is 11.4 Å². The molecule has 0 atom stereocenters. The topological polar surface area (TPSA) is 64.9 Å². The van der Waals surface area contributed by atoms with Crippen LogP contribution >= 0.6 is 11.5 Å². The highest BCUT2D eigenvalue weighted by Gasteiger charge is 2.10. The molecule has 0 fully saturated rings. The van der Waals surface area contributed by atoms with Gasteiger partial charge in [-0.25, -0.2) is 0 Å². The Morgan fingerprint density at radius 1 is 1.24 bits per heavy atom. The summed E-state index contributed by atoms with van der Waals surface area (Å²) in [6.07, 6.45) is 4.08. The van der Waals surface area contributed by atoms with Gasteiger partial charge in [0.1, 0.15) is 0 Å². The normalized spacial score (nSPS) is 11.2. The number of anilines is 2. The SMILES string of the molecule is C/C=C\c1c(-c2ccc(N)c(N)c2)nsc1C. The maximum Gasteiger partial charge on any atom is 0.0916 e. The Labute approximate surface area is 105 Å². The van der Waals surface area contributed by atoms with E-state index in [1.807, 2.05) is 31.2 Å². The Balaban J connectivity index is 2.56. The summed E-state index contributed by atoms with van der Waals surface area (Å²) in [6.45, 7) is 4.06. The lowest BCUT2D eigenvalue weighted by Gasteiger charge is -2.04. The number of benzene rings is 1. The summed E-state index contributed by atoms with van der Waals surface area (Å²) in [5.74, 6) is 0. The first kappa shape index (κ1) is 11.7. The molecule has 0 aliphatic rings. The standard InChI is InChI=1S/C13H15N3S/c1-3-4-10-8(2)17-16-13(10)9-5-6-11(14)12(15)7-9/h3-7H,14-15H2,1-2H3/b4-3-. The summed E-state index contributed by atoms with van der Waals surface area (Å²) in [5.41, 5.74) is 15.9. The molecule has 4 N–H and O–H groups in total. The third-order valence-electron chi connectivity index (χ3n) is 2.60. The third-order valence-corrected chi connectivity index (χ3v) is 3.37. The molecule has 88 valence electrons. The van der Waals surface area contributed by atoms with Crippen LogP contribution in [0, 0.1) is 6.92 Å². The van der Waals surface area contributed by atoms with E-state index in [1.54, 1.807) is 0 Å². The highest BCUT2D eigenvalue weighted by molar-refractivity contribution is 7.06. The molecule has 0 aliphatic heterocycles. The van der Waals surface area contributed by atoms with Gasteiger partial charge >= 0.3 is 0 Å². The van der Waals surface area contributed by atoms with Crippen molar-refractivity contribution in [2.24, 2.45) is 0 Å². The molecule has 0 spiro atoms. The fraction of sp³-hybridized carbons (Fsp3) is 0.154. The quantitative estimate of drug-likeness (QED) is 0.798. The zero-order chi connectivity index (χ0) is 12.4. The average Bonchev–Trinajstić information content (AvgIpc) is 2.66. The van der Waals surface area contributed by atoms with Crippen molar-refractivity contribution in [3.05, 3.63) is 34.7 Å². The largest absolute Gasteiger partial charge is 0.397 e. The van der Waals surface area contributed by atoms with E-state index >= 15 is 0 Å². The van der Waals surface area contributed by atoms with E-state index < -0.39 is 0 Å². The van der Waals surface area contributed by atoms with Gasteiger partial charge in [0.05, 0.1) is 17.1 Å². The molecule has 17 heavy (non-hydrogen) atoms. The number of allylic oxidation sites excluding steroid dienone is 1. The van der Waals surface area contributed by atoms with E-state index in [2.05, 4.69) is 17.4 Å². The summed E-state index contributed by atoms with van der Waals surface area (Å²) in [6, 6.07) is 5.64. The van der Waals surface area contributed by atoms with Crippen LogP contribution in [0.15, 0.2) is 24.3 Å². The number of hydrogen-bond acceptors (Lipinski definition) is 4. The summed E-state index contributed by atoms with van der Waals surface area (Å²) in [5, 5.41) is 0. The average molecular weight is 245 g/mol. The van der Waals surface area contributed by atoms with E-state index in [-0.39, 0.29) is 0 Å². The van der Waals surface area contributed by atoms with Crippen LogP contribution in [0.5, 0.6) is 0 Å². The monoisotopic (exact) mass is 245 g/mol. The van der Waals surface area contributed by atoms with E-state index in [4.69, 9.17) is 11.5 Å². The molecule has 0 radical (unpaired) electrons. The minimum Gasteiger partial charge on any atom is -0.397 e. The Kier molecular flexibility index (Phi) is 3.15. The number of aryl methyl sites for hydroxylation is 1. The minimum absolute atomic E-state index is 0.597. The van der Waals surface area contributed by atoms with E-state index in [1.165, 1.54) is 16.4 Å². The van der Waals surface area contributed by atoms with Gasteiger partial charge in [-0.1, -0.05) is 18.2 Å². The predicted molar refractivity (Wildman–Crippen MR) is 75.8 cm³/mol. The molecule has 0 unspecified atom stereocenters. The second kappa shape index (κ2) is 4.59. The number of aromatic nitrogens is 1. The van der Waals surface area contributed by atoms with E-state index in [0.29, 0.717) is 11.4 Å². The van der Waals surface area contributed by atoms with Crippen molar-refractivity contribution < 1.29 is 0 Å². The number of nitrogens with two attached hydrogens (primary N) is 2. The van der Waals surface area contributed by atoms with Crippen LogP contribution in [0.2, 0.25) is 0 Å². The van der Waals surface area contributed by atoms with Crippen molar-refractivity contribution in [2.75, 3.05) is 11.5 Å². The lowest BCUT2D eigenvalue weighted by Crippen LogP contribution is -1.94. The molecule has 1 heterocycles. The first-order chi connectivity index (χ1) is 8.13. The Hall–Kier alpha value is -1.81. The van der Waals surface area contributed by atoms with E-state index in [0.717, 1.165) is 16.8 Å². The van der Waals surface area contributed by atoms with Crippen molar-refractivity contribution in [1.82, 2.24) is 4.37 Å². The van der Waals surface area contributed by atoms with Crippen LogP contribution in [-0.4, -0.2) is 4.37 Å². The van der Waals surface area contributed by atoms with Gasteiger partial charge in [0, 0.05) is 16.0 Å². The van der Waals surface area contributed by atoms with Crippen molar-refractivity contribution >= 4 is 29.0 Å². The van der Waals surface area contributed by atoms with Crippen molar-refractivity contribution in [2.45, 2.75) is 13.8 Å². The number of rotatable bonds is 2. The molecule has 2 rings (SSSR count). The zero-order valence-electron chi connectivity index (χ0n) is 9.90. The highest BCUT2D eigenvalue weighted by Crippen LogP contribution is 2.31. The number of nitrogen functional groups attached to an aromatic ring is 2. The van der Waals surface area contributed by atoms with Crippen LogP contribution in [0.3, 0.4) is 0 Å². The van der Waals surface area contributed by atoms with Gasteiger partial charge < -0.3 is 11.5 Å². The van der Waals surface area contributed by atoms with Gasteiger partial charge in [-0.05, 0) is 37.5 Å². The number of nitrogens with zero attached hydrogens (tertiary/aromatic N) is 1. The van der Waals surface area contributed by atoms with Gasteiger partial charge in [0.2, 0.25) is 0 Å². The first-order valence-electron chi connectivity index (χ1n) is 5.38. The smallest absolute Gasteiger partial charge is 0.0916 e. The van der Waals surface area contributed by atoms with Crippen molar-refractivity contribution in [1.29, 1.82) is 0 Å². The molecule has 1 aromatic carbocycles. The Morgan fingerprint density at radius 2 is 2.00 bits per heavy atom. The molecule has 4 heteroatoms. The van der Waals surface area contributed by atoms with Gasteiger partial charge in [-0.2, -0.15) is 4.37 Å². The first-order valence-corrected chi connectivity index (χ1v) is 6.15. The second-order valence-corrected chi connectivity index (χ2v) is 4.82. The number of hydrogen-bond donors (Lipinski definition) is 2. The fourth-order valence-electron chi connectivity index (χ4n) is 1.67. The minimum atomic E-state index is 0.597. The maximum atomic E-state index is 5.82. The third kappa shape index (κ3) is 2.17. The Bertz CT molecular complexity index is 570. The molecular formula is C13H15N3S. The van der Waals surface area contributed by atoms with Crippen LogP contribution in [0.1, 0.15) is 17.4 Å². The lowest BCUT2D eigenvalue weighted by molar-refractivity contribution is 1.49. The summed E-state index contributed by atoms with van der Waals surface area (Å²) in [7, 11) is 0. The molecule has 0 saturated carbocycles. The molecule has 0 bridgehead atoms. The second-order valence-electron chi connectivity index (χ2n) is 3.84. The van der Waals surface area contributed by atoms with Gasteiger partial charge in [0.25, 0.3) is 0 Å². The predicted octanol–water partition coefficient (Wildman–Crippen LogP) is 3.32. The van der Waals surface area contributed by atoms with Crippen LogP contribution < -0.4 is 11.5 Å². The molecule has 3 nitrogen and oxygen atoms in total. The summed E-state index contributed by atoms with van der Waals surface area (Å²) >= 11 is 1.50. The van der Waals surface area contributed by atoms with Crippen LogP contribution in [0.25, 0.3) is 17.3 Å². The molecule has 2 aromatic rings. The molecular weight excluding hydrogens is 230 g/mol. The van der Waals surface area contributed by atoms with E-state index in [9.17, 15) is 0 Å². The highest BCUT2D eigenvalue weighted by atomic mass is 32.1. The fourth-order valence-corrected chi connectivity index (χ4v) is 2.37. The zero-order valence-corrected chi connectivity index (χ0v) is 10.7. The van der Waals surface area contributed by atoms with Gasteiger partial charge in [0.15, 0.2) is 0 Å². The molecule has 0 aliphatic carbocycles. The van der Waals surface area contributed by atoms with Crippen molar-refractivity contribution in [3.8, 4) is 11.3 Å². The molecule has 1 aromatic heterocycles. The summed E-state index contributed by atoms with van der Waals surface area (Å²) < 4.78 is 4.47. The molecule has 0 amide bonds. The van der Waals surface area contributed by atoms with Crippen molar-refractivity contribution in [3.63, 3.8) is 0 Å². The molecule has 0 saturated heterocycles. The maximum absolute atomic E-state index is 5.82. The van der Waals surface area contributed by atoms with Gasteiger partial charge in [-0.15, -0.1) is 0 Å². The van der Waals surface area contributed by atoms with Crippen LogP contribution in [-0.2, 0) is 0 Å². The Morgan fingerprint density at radius 3 is 2.65 bits per heavy atom.